The van der Waals surface area contributed by atoms with E-state index in [9.17, 15) is 14.7 Å². The van der Waals surface area contributed by atoms with Crippen LogP contribution in [0.15, 0.2) is 16.8 Å². The minimum atomic E-state index is -0.855. The van der Waals surface area contributed by atoms with Gasteiger partial charge in [0, 0.05) is 44.7 Å². The average molecular weight is 326 g/mol. The molecule has 0 spiro atoms. The molecular formula is C15H22N2O4S. The Bertz CT molecular complexity index is 492. The van der Waals surface area contributed by atoms with Gasteiger partial charge < -0.3 is 14.7 Å². The van der Waals surface area contributed by atoms with E-state index in [0.717, 1.165) is 0 Å². The van der Waals surface area contributed by atoms with Crippen LogP contribution in [-0.4, -0.2) is 72.7 Å². The summed E-state index contributed by atoms with van der Waals surface area (Å²) in [5, 5.41) is 13.0. The molecule has 0 aromatic carbocycles. The number of hydrogen-bond donors (Lipinski definition) is 1. The van der Waals surface area contributed by atoms with Crippen LogP contribution >= 0.6 is 11.3 Å². The maximum atomic E-state index is 12.4. The summed E-state index contributed by atoms with van der Waals surface area (Å²) in [5.74, 6) is -1.50. The number of amides is 1. The Balaban J connectivity index is 2.01. The summed E-state index contributed by atoms with van der Waals surface area (Å²) in [5.41, 5.74) is 0.636. The molecule has 1 atom stereocenters. The maximum absolute atomic E-state index is 12.4. The summed E-state index contributed by atoms with van der Waals surface area (Å²) < 4.78 is 5.34. The first kappa shape index (κ1) is 16.9. The second kappa shape index (κ2) is 8.26. The van der Waals surface area contributed by atoms with Crippen molar-refractivity contribution < 1.29 is 19.4 Å². The van der Waals surface area contributed by atoms with E-state index >= 15 is 0 Å². The van der Waals surface area contributed by atoms with E-state index < -0.39 is 11.9 Å². The minimum Gasteiger partial charge on any atom is -0.481 e. The second-order valence-corrected chi connectivity index (χ2v) is 6.08. The predicted octanol–water partition coefficient (Wildman–Crippen LogP) is 1.24. The van der Waals surface area contributed by atoms with Crippen LogP contribution in [0.1, 0.15) is 17.3 Å². The molecule has 122 valence electrons. The van der Waals surface area contributed by atoms with Gasteiger partial charge >= 0.3 is 5.97 Å². The molecule has 1 unspecified atom stereocenters. The van der Waals surface area contributed by atoms with E-state index in [1.54, 1.807) is 16.3 Å². The maximum Gasteiger partial charge on any atom is 0.309 e. The van der Waals surface area contributed by atoms with Gasteiger partial charge in [-0.1, -0.05) is 0 Å². The van der Waals surface area contributed by atoms with Crippen LogP contribution in [0.2, 0.25) is 0 Å². The number of carbonyl (C=O) groups excluding carboxylic acids is 1. The highest BCUT2D eigenvalue weighted by molar-refractivity contribution is 7.08. The average Bonchev–Trinajstić information content (AvgIpc) is 2.94. The van der Waals surface area contributed by atoms with Crippen molar-refractivity contribution in [3.63, 3.8) is 0 Å². The number of carboxylic acids is 1. The molecule has 1 aliphatic heterocycles. The first-order valence-corrected chi connectivity index (χ1v) is 8.40. The van der Waals surface area contributed by atoms with Crippen LogP contribution in [-0.2, 0) is 9.53 Å². The fourth-order valence-electron chi connectivity index (χ4n) is 2.53. The Kier molecular flexibility index (Phi) is 6.35. The Morgan fingerprint density at radius 3 is 2.86 bits per heavy atom. The molecular weight excluding hydrogens is 304 g/mol. The van der Waals surface area contributed by atoms with Crippen molar-refractivity contribution in [2.45, 2.75) is 6.92 Å². The molecule has 1 aromatic heterocycles. The molecule has 22 heavy (non-hydrogen) atoms. The van der Waals surface area contributed by atoms with Crippen LogP contribution in [0.4, 0.5) is 0 Å². The topological polar surface area (TPSA) is 70.1 Å². The lowest BCUT2D eigenvalue weighted by atomic mass is 10.1. The summed E-state index contributed by atoms with van der Waals surface area (Å²) in [6.45, 7) is 5.80. The smallest absolute Gasteiger partial charge is 0.309 e. The van der Waals surface area contributed by atoms with Crippen LogP contribution in [0.5, 0.6) is 0 Å². The van der Waals surface area contributed by atoms with Crippen molar-refractivity contribution in [2.75, 3.05) is 45.9 Å². The number of ether oxygens (including phenoxy) is 1. The summed E-state index contributed by atoms with van der Waals surface area (Å²) >= 11 is 1.47. The van der Waals surface area contributed by atoms with Gasteiger partial charge in [0.25, 0.3) is 5.91 Å². The van der Waals surface area contributed by atoms with Crippen molar-refractivity contribution in [3.8, 4) is 0 Å². The molecule has 1 amide bonds. The number of rotatable bonds is 6. The highest BCUT2D eigenvalue weighted by atomic mass is 32.1. The molecule has 7 heteroatoms. The number of thiophene rings is 1. The van der Waals surface area contributed by atoms with Crippen molar-refractivity contribution in [3.05, 3.63) is 22.4 Å². The van der Waals surface area contributed by atoms with Gasteiger partial charge in [-0.3, -0.25) is 14.5 Å². The molecule has 1 saturated heterocycles. The van der Waals surface area contributed by atoms with Gasteiger partial charge in [-0.05, 0) is 18.4 Å². The van der Waals surface area contributed by atoms with Crippen LogP contribution < -0.4 is 0 Å². The van der Waals surface area contributed by atoms with Gasteiger partial charge in [-0.25, -0.2) is 0 Å². The Morgan fingerprint density at radius 2 is 2.23 bits per heavy atom. The molecule has 2 rings (SSSR count). The van der Waals surface area contributed by atoms with E-state index in [0.29, 0.717) is 45.0 Å². The fraction of sp³-hybridized carbons (Fsp3) is 0.600. The van der Waals surface area contributed by atoms with E-state index in [4.69, 9.17) is 4.74 Å². The van der Waals surface area contributed by atoms with Gasteiger partial charge in [0.2, 0.25) is 0 Å². The largest absolute Gasteiger partial charge is 0.481 e. The zero-order valence-electron chi connectivity index (χ0n) is 12.7. The fourth-order valence-corrected chi connectivity index (χ4v) is 3.16. The standard InChI is InChI=1S/C15H22N2O4S/c1-2-21-7-6-16-4-5-17(10-13(9-16)15(19)20)14(18)12-3-8-22-11-12/h3,8,11,13H,2,4-7,9-10H2,1H3,(H,19,20). The summed E-state index contributed by atoms with van der Waals surface area (Å²) in [4.78, 5) is 27.6. The Hall–Kier alpha value is -1.44. The van der Waals surface area contributed by atoms with Crippen LogP contribution in [0.25, 0.3) is 0 Å². The third kappa shape index (κ3) is 4.53. The van der Waals surface area contributed by atoms with Crippen LogP contribution in [0.3, 0.4) is 0 Å². The Morgan fingerprint density at radius 1 is 1.41 bits per heavy atom. The molecule has 1 fully saturated rings. The van der Waals surface area contributed by atoms with Crippen molar-refractivity contribution in [1.82, 2.24) is 9.80 Å². The number of hydrogen-bond acceptors (Lipinski definition) is 5. The highest BCUT2D eigenvalue weighted by Gasteiger charge is 2.30. The first-order valence-electron chi connectivity index (χ1n) is 7.46. The predicted molar refractivity (Wildman–Crippen MR) is 84.3 cm³/mol. The van der Waals surface area contributed by atoms with E-state index in [2.05, 4.69) is 4.90 Å². The van der Waals surface area contributed by atoms with Gasteiger partial charge in [-0.15, -0.1) is 0 Å². The molecule has 0 aliphatic carbocycles. The lowest BCUT2D eigenvalue weighted by Gasteiger charge is -2.21. The first-order chi connectivity index (χ1) is 10.6. The van der Waals surface area contributed by atoms with Gasteiger partial charge in [0.1, 0.15) is 0 Å². The van der Waals surface area contributed by atoms with Gasteiger partial charge in [0.15, 0.2) is 0 Å². The highest BCUT2D eigenvalue weighted by Crippen LogP contribution is 2.15. The number of carbonyl (C=O) groups is 2. The monoisotopic (exact) mass is 326 g/mol. The molecule has 0 radical (unpaired) electrons. The third-order valence-electron chi connectivity index (χ3n) is 3.77. The summed E-state index contributed by atoms with van der Waals surface area (Å²) in [6.07, 6.45) is 0. The second-order valence-electron chi connectivity index (χ2n) is 5.30. The quantitative estimate of drug-likeness (QED) is 0.797. The normalized spacial score (nSPS) is 19.9. The number of nitrogens with zero attached hydrogens (tertiary/aromatic N) is 2. The zero-order valence-corrected chi connectivity index (χ0v) is 13.6. The molecule has 0 saturated carbocycles. The third-order valence-corrected chi connectivity index (χ3v) is 4.45. The summed E-state index contributed by atoms with van der Waals surface area (Å²) in [7, 11) is 0. The molecule has 1 aromatic rings. The minimum absolute atomic E-state index is 0.0841. The van der Waals surface area contributed by atoms with Gasteiger partial charge in [0.05, 0.1) is 18.1 Å². The van der Waals surface area contributed by atoms with Crippen molar-refractivity contribution in [1.29, 1.82) is 0 Å². The lowest BCUT2D eigenvalue weighted by Crippen LogP contribution is -2.38. The molecule has 1 aliphatic rings. The van der Waals surface area contributed by atoms with Crippen LogP contribution in [0, 0.1) is 5.92 Å². The summed E-state index contributed by atoms with van der Waals surface area (Å²) in [6, 6.07) is 1.78. The van der Waals surface area contributed by atoms with E-state index in [-0.39, 0.29) is 12.5 Å². The molecule has 1 N–H and O–H groups in total. The molecule has 0 bridgehead atoms. The number of aliphatic carboxylic acids is 1. The van der Waals surface area contributed by atoms with Gasteiger partial charge in [-0.2, -0.15) is 11.3 Å². The van der Waals surface area contributed by atoms with E-state index in [1.165, 1.54) is 11.3 Å². The molecule has 6 nitrogen and oxygen atoms in total. The van der Waals surface area contributed by atoms with Crippen molar-refractivity contribution >= 4 is 23.2 Å². The molecule has 2 heterocycles. The SMILES string of the molecule is CCOCCN1CCN(C(=O)c2ccsc2)CC(C(=O)O)C1. The lowest BCUT2D eigenvalue weighted by molar-refractivity contribution is -0.142. The Labute approximate surface area is 134 Å². The van der Waals surface area contributed by atoms with E-state index in [1.807, 2.05) is 12.3 Å². The zero-order chi connectivity index (χ0) is 15.9. The number of carboxylic acid groups (broad SMARTS) is 1. The van der Waals surface area contributed by atoms with Crippen molar-refractivity contribution in [2.24, 2.45) is 5.92 Å².